The van der Waals surface area contributed by atoms with Crippen molar-refractivity contribution in [2.75, 3.05) is 6.61 Å². The Morgan fingerprint density at radius 1 is 0.872 bits per heavy atom. The molecule has 0 aliphatic carbocycles. The van der Waals surface area contributed by atoms with E-state index in [-0.39, 0.29) is 17.2 Å². The Hall–Kier alpha value is -4.59. The van der Waals surface area contributed by atoms with Gasteiger partial charge in [0.05, 0.1) is 6.42 Å². The topological polar surface area (TPSA) is 210 Å². The summed E-state index contributed by atoms with van der Waals surface area (Å²) < 4.78 is 21.3. The minimum atomic E-state index is -2.25. The smallest absolute Gasteiger partial charge is 0.364 e. The van der Waals surface area contributed by atoms with Crippen molar-refractivity contribution < 1.29 is 64.0 Å². The van der Waals surface area contributed by atoms with Crippen LogP contribution in [0.4, 0.5) is 0 Å². The minimum Gasteiger partial charge on any atom is -0.504 e. The molecular weight excluding hydrogens is 520 g/mol. The second kappa shape index (κ2) is 11.0. The van der Waals surface area contributed by atoms with Crippen LogP contribution in [0.25, 0.3) is 12.2 Å². The molecule has 0 radical (unpaired) electrons. The molecule has 2 heterocycles. The molecule has 0 aromatic heterocycles. The first-order chi connectivity index (χ1) is 18.5. The number of esters is 2. The maximum Gasteiger partial charge on any atom is 0.364 e. The summed E-state index contributed by atoms with van der Waals surface area (Å²) in [5.41, 5.74) is 0.748. The summed E-state index contributed by atoms with van der Waals surface area (Å²) in [4.78, 5) is 36.4. The molecule has 0 spiro atoms. The third-order valence-electron chi connectivity index (χ3n) is 6.03. The molecule has 6 N–H and O–H groups in total. The number of aliphatic hydroxyl groups is 1. The van der Waals surface area contributed by atoms with Crippen LogP contribution in [-0.4, -0.2) is 85.4 Å². The Morgan fingerprint density at radius 3 is 1.97 bits per heavy atom. The van der Waals surface area contributed by atoms with Crippen LogP contribution in [-0.2, 0) is 33.3 Å². The van der Waals surface area contributed by atoms with Gasteiger partial charge < -0.3 is 49.6 Å². The van der Waals surface area contributed by atoms with Gasteiger partial charge in [-0.15, -0.1) is 0 Å². The molecule has 2 saturated heterocycles. The zero-order valence-electron chi connectivity index (χ0n) is 20.0. The molecule has 13 heteroatoms. The zero-order chi connectivity index (χ0) is 28.3. The molecule has 0 unspecified atom stereocenters. The van der Waals surface area contributed by atoms with E-state index in [1.54, 1.807) is 0 Å². The first-order valence-corrected chi connectivity index (χ1v) is 11.5. The second-order valence-electron chi connectivity index (χ2n) is 8.76. The maximum atomic E-state index is 12.3. The highest BCUT2D eigenvalue weighted by atomic mass is 16.8. The average molecular weight is 544 g/mol. The molecule has 4 rings (SSSR count). The van der Waals surface area contributed by atoms with Gasteiger partial charge in [0.2, 0.25) is 0 Å². The summed E-state index contributed by atoms with van der Waals surface area (Å²) in [7, 11) is 0. The Balaban J connectivity index is 1.38. The summed E-state index contributed by atoms with van der Waals surface area (Å²) in [5.74, 6) is -7.01. The standard InChI is InChI=1S/C26H24O13/c27-15-5-1-13(9-17(15)29)3-7-21(31)36-12-20-24-23(33)19(11-26(38-20,39-24)25(34)35)37-22(32)8-4-14-2-6-16(28)18(30)10-14/h1-10,19-20,23-24,27-30,33H,11-12H2,(H,34,35)/b7-3+,8-4+/t19-,20-,23+,24-,26+/m0/s1. The largest absolute Gasteiger partial charge is 0.504 e. The van der Waals surface area contributed by atoms with Crippen LogP contribution >= 0.6 is 0 Å². The van der Waals surface area contributed by atoms with E-state index >= 15 is 0 Å². The van der Waals surface area contributed by atoms with Gasteiger partial charge in [0.1, 0.15) is 31.0 Å². The van der Waals surface area contributed by atoms with E-state index in [2.05, 4.69) is 0 Å². The number of phenols is 4. The summed E-state index contributed by atoms with van der Waals surface area (Å²) in [6.45, 7) is -0.494. The van der Waals surface area contributed by atoms with Crippen LogP contribution < -0.4 is 0 Å². The fraction of sp³-hybridized carbons (Fsp3) is 0.269. The van der Waals surface area contributed by atoms with E-state index in [1.807, 2.05) is 0 Å². The molecule has 39 heavy (non-hydrogen) atoms. The van der Waals surface area contributed by atoms with Crippen molar-refractivity contribution >= 4 is 30.1 Å². The number of hydrogen-bond donors (Lipinski definition) is 6. The van der Waals surface area contributed by atoms with Gasteiger partial charge in [0, 0.05) is 12.2 Å². The predicted octanol–water partition coefficient (Wildman–Crippen LogP) is 1.02. The first-order valence-electron chi connectivity index (χ1n) is 11.5. The molecule has 0 saturated carbocycles. The number of carboxylic acid groups (broad SMARTS) is 1. The van der Waals surface area contributed by atoms with Crippen molar-refractivity contribution in [3.8, 4) is 23.0 Å². The molecule has 2 aliphatic rings. The van der Waals surface area contributed by atoms with Crippen molar-refractivity contribution in [2.45, 2.75) is 36.6 Å². The highest BCUT2D eigenvalue weighted by Crippen LogP contribution is 2.42. The Morgan fingerprint density at radius 2 is 1.44 bits per heavy atom. The SMILES string of the molecule is O=C(/C=C/c1ccc(O)c(O)c1)OC[C@@H]1O[C@]2(C(=O)O)C[C@H](OC(=O)/C=C/c3ccc(O)c(O)c3)[C@@H](O)[C@H]1O2. The second-order valence-corrected chi connectivity index (χ2v) is 8.76. The molecule has 2 aromatic rings. The number of aliphatic hydroxyl groups excluding tert-OH is 1. The lowest BCUT2D eigenvalue weighted by Gasteiger charge is -2.35. The van der Waals surface area contributed by atoms with E-state index < -0.39 is 66.9 Å². The summed E-state index contributed by atoms with van der Waals surface area (Å²) in [5, 5.41) is 58.2. The summed E-state index contributed by atoms with van der Waals surface area (Å²) in [6, 6.07) is 7.72. The Labute approximate surface area is 220 Å². The van der Waals surface area contributed by atoms with E-state index in [0.29, 0.717) is 11.1 Å². The number of hydrogen-bond acceptors (Lipinski definition) is 12. The lowest BCUT2D eigenvalue weighted by Crippen LogP contribution is -2.55. The first kappa shape index (κ1) is 27.4. The van der Waals surface area contributed by atoms with E-state index in [0.717, 1.165) is 12.2 Å². The lowest BCUT2D eigenvalue weighted by molar-refractivity contribution is -0.247. The van der Waals surface area contributed by atoms with Crippen LogP contribution in [0.15, 0.2) is 48.6 Å². The van der Waals surface area contributed by atoms with Gasteiger partial charge >= 0.3 is 17.9 Å². The number of ether oxygens (including phenoxy) is 4. The number of aliphatic carboxylic acids is 1. The van der Waals surface area contributed by atoms with Gasteiger partial charge in [-0.2, -0.15) is 0 Å². The minimum absolute atomic E-state index is 0.331. The van der Waals surface area contributed by atoms with E-state index in [4.69, 9.17) is 18.9 Å². The maximum absolute atomic E-state index is 12.3. The van der Waals surface area contributed by atoms with Crippen LogP contribution in [0, 0.1) is 0 Å². The van der Waals surface area contributed by atoms with Crippen LogP contribution in [0.1, 0.15) is 17.5 Å². The van der Waals surface area contributed by atoms with Crippen molar-refractivity contribution in [1.29, 1.82) is 0 Å². The number of carbonyl (C=O) groups excluding carboxylic acids is 2. The van der Waals surface area contributed by atoms with Crippen LogP contribution in [0.2, 0.25) is 0 Å². The molecule has 2 fully saturated rings. The third-order valence-corrected chi connectivity index (χ3v) is 6.03. The van der Waals surface area contributed by atoms with Crippen molar-refractivity contribution in [3.63, 3.8) is 0 Å². The summed E-state index contributed by atoms with van der Waals surface area (Å²) in [6.07, 6.45) is -1.31. The highest BCUT2D eigenvalue weighted by molar-refractivity contribution is 5.88. The molecule has 2 bridgehead atoms. The molecule has 2 aromatic carbocycles. The fourth-order valence-electron chi connectivity index (χ4n) is 4.06. The number of carboxylic acids is 1. The zero-order valence-corrected chi connectivity index (χ0v) is 20.0. The quantitative estimate of drug-likeness (QED) is 0.156. The van der Waals surface area contributed by atoms with Gasteiger partial charge in [-0.05, 0) is 47.5 Å². The summed E-state index contributed by atoms with van der Waals surface area (Å²) >= 11 is 0. The average Bonchev–Trinajstić information content (AvgIpc) is 3.22. The number of aromatic hydroxyl groups is 4. The third kappa shape index (κ3) is 6.12. The van der Waals surface area contributed by atoms with Crippen LogP contribution in [0.5, 0.6) is 23.0 Å². The molecule has 206 valence electrons. The molecule has 5 atom stereocenters. The number of carbonyl (C=O) groups is 3. The van der Waals surface area contributed by atoms with Crippen molar-refractivity contribution in [3.05, 3.63) is 59.7 Å². The number of benzene rings is 2. The number of fused-ring (bicyclic) bond motifs is 2. The molecule has 13 nitrogen and oxygen atoms in total. The predicted molar refractivity (Wildman–Crippen MR) is 129 cm³/mol. The fourth-order valence-corrected chi connectivity index (χ4v) is 4.06. The molecule has 2 aliphatic heterocycles. The van der Waals surface area contributed by atoms with E-state index in [9.17, 15) is 45.0 Å². The Kier molecular flexibility index (Phi) is 7.76. The Bertz CT molecular complexity index is 1330. The molecule has 0 amide bonds. The number of rotatable bonds is 8. The monoisotopic (exact) mass is 544 g/mol. The van der Waals surface area contributed by atoms with Crippen molar-refractivity contribution in [1.82, 2.24) is 0 Å². The van der Waals surface area contributed by atoms with Gasteiger partial charge in [-0.25, -0.2) is 14.4 Å². The van der Waals surface area contributed by atoms with Gasteiger partial charge in [-0.3, -0.25) is 0 Å². The highest BCUT2D eigenvalue weighted by Gasteiger charge is 2.63. The van der Waals surface area contributed by atoms with Gasteiger partial charge in [0.15, 0.2) is 23.0 Å². The normalized spacial score (nSPS) is 26.1. The van der Waals surface area contributed by atoms with Crippen molar-refractivity contribution in [2.24, 2.45) is 0 Å². The number of phenolic OH excluding ortho intramolecular Hbond substituents is 4. The van der Waals surface area contributed by atoms with Gasteiger partial charge in [0.25, 0.3) is 5.79 Å². The van der Waals surface area contributed by atoms with E-state index in [1.165, 1.54) is 48.6 Å². The van der Waals surface area contributed by atoms with Crippen LogP contribution in [0.3, 0.4) is 0 Å². The van der Waals surface area contributed by atoms with Gasteiger partial charge in [-0.1, -0.05) is 12.1 Å². The lowest BCUT2D eigenvalue weighted by atomic mass is 9.95. The molecular formula is C26H24O13.